The Morgan fingerprint density at radius 3 is 2.07 bits per heavy atom. The molecule has 0 amide bonds. The fraction of sp³-hybridized carbons (Fsp3) is 0.667. The number of nitrogens with two attached hydrogens (primary N) is 2. The van der Waals surface area contributed by atoms with Gasteiger partial charge < -0.3 is 16.4 Å². The van der Waals surface area contributed by atoms with Crippen LogP contribution >= 0.6 is 0 Å². The molecule has 0 bridgehead atoms. The zero-order chi connectivity index (χ0) is 11.3. The van der Waals surface area contributed by atoms with Crippen molar-refractivity contribution in [2.45, 2.75) is 13.8 Å². The van der Waals surface area contributed by atoms with Crippen molar-refractivity contribution in [2.24, 2.45) is 11.5 Å². The molecule has 1 aromatic heterocycles. The van der Waals surface area contributed by atoms with Crippen LogP contribution in [0.1, 0.15) is 11.4 Å². The maximum Gasteiger partial charge on any atom is 0.245 e. The van der Waals surface area contributed by atoms with E-state index in [-0.39, 0.29) is 0 Å². The highest BCUT2D eigenvalue weighted by Gasteiger charge is 2.09. The van der Waals surface area contributed by atoms with Crippen LogP contribution in [0.4, 0.5) is 5.95 Å². The summed E-state index contributed by atoms with van der Waals surface area (Å²) in [5.74, 6) is 0.606. The van der Waals surface area contributed by atoms with Crippen molar-refractivity contribution in [3.8, 4) is 0 Å². The zero-order valence-electron chi connectivity index (χ0n) is 9.27. The van der Waals surface area contributed by atoms with Crippen LogP contribution in [-0.4, -0.2) is 41.4 Å². The average molecular weight is 210 g/mol. The van der Waals surface area contributed by atoms with Crippen molar-refractivity contribution < 1.29 is 0 Å². The molecule has 0 aliphatic heterocycles. The number of anilines is 1. The second-order valence-electron chi connectivity index (χ2n) is 3.35. The van der Waals surface area contributed by atoms with E-state index in [1.165, 1.54) is 0 Å². The van der Waals surface area contributed by atoms with E-state index < -0.39 is 0 Å². The van der Waals surface area contributed by atoms with Crippen LogP contribution in [0.5, 0.6) is 0 Å². The summed E-state index contributed by atoms with van der Waals surface area (Å²) in [5.41, 5.74) is 12.7. The van der Waals surface area contributed by atoms with Gasteiger partial charge in [0, 0.05) is 26.2 Å². The fourth-order valence-corrected chi connectivity index (χ4v) is 1.20. The largest absolute Gasteiger partial charge is 0.337 e. The molecule has 0 saturated heterocycles. The normalized spacial score (nSPS) is 10.4. The highest BCUT2D eigenvalue weighted by Crippen LogP contribution is 2.06. The molecule has 0 saturated carbocycles. The average Bonchev–Trinajstić information content (AvgIpc) is 2.22. The van der Waals surface area contributed by atoms with Crippen molar-refractivity contribution in [3.63, 3.8) is 0 Å². The number of aryl methyl sites for hydroxylation is 2. The number of hydrogen-bond acceptors (Lipinski definition) is 6. The number of aromatic nitrogens is 3. The Kier molecular flexibility index (Phi) is 4.38. The molecule has 0 atom stereocenters. The van der Waals surface area contributed by atoms with Gasteiger partial charge in [-0.2, -0.15) is 5.10 Å². The third-order valence-electron chi connectivity index (χ3n) is 2.16. The lowest BCUT2D eigenvalue weighted by molar-refractivity contribution is 0.730. The van der Waals surface area contributed by atoms with Crippen molar-refractivity contribution in [1.29, 1.82) is 0 Å². The summed E-state index contributed by atoms with van der Waals surface area (Å²) in [4.78, 5) is 6.30. The predicted octanol–water partition coefficient (Wildman–Crippen LogP) is -0.788. The number of hydrogen-bond donors (Lipinski definition) is 2. The second kappa shape index (κ2) is 5.57. The quantitative estimate of drug-likeness (QED) is 0.661. The maximum absolute atomic E-state index is 5.51. The Labute approximate surface area is 89.7 Å². The van der Waals surface area contributed by atoms with E-state index in [1.807, 2.05) is 18.7 Å². The Hall–Kier alpha value is -1.27. The standard InChI is InChI=1S/C9H18N6/c1-7-8(2)13-14-9(12-7)15(5-3-10)6-4-11/h3-6,10-11H2,1-2H3. The highest BCUT2D eigenvalue weighted by molar-refractivity contribution is 5.29. The lowest BCUT2D eigenvalue weighted by atomic mass is 10.4. The van der Waals surface area contributed by atoms with Crippen molar-refractivity contribution in [3.05, 3.63) is 11.4 Å². The highest BCUT2D eigenvalue weighted by atomic mass is 15.3. The molecule has 6 heteroatoms. The molecule has 0 aliphatic rings. The van der Waals surface area contributed by atoms with E-state index in [0.717, 1.165) is 11.4 Å². The van der Waals surface area contributed by atoms with Gasteiger partial charge in [0.2, 0.25) is 5.95 Å². The van der Waals surface area contributed by atoms with Gasteiger partial charge in [0.25, 0.3) is 0 Å². The lowest BCUT2D eigenvalue weighted by Gasteiger charge is -2.20. The molecule has 15 heavy (non-hydrogen) atoms. The monoisotopic (exact) mass is 210 g/mol. The van der Waals surface area contributed by atoms with Gasteiger partial charge in [-0.3, -0.25) is 0 Å². The zero-order valence-corrected chi connectivity index (χ0v) is 9.27. The molecule has 0 spiro atoms. The lowest BCUT2D eigenvalue weighted by Crippen LogP contribution is -2.35. The molecule has 0 radical (unpaired) electrons. The molecule has 6 nitrogen and oxygen atoms in total. The molecule has 1 rings (SSSR count). The molecule has 1 heterocycles. The minimum atomic E-state index is 0.552. The van der Waals surface area contributed by atoms with Gasteiger partial charge in [-0.25, -0.2) is 4.98 Å². The molecule has 0 unspecified atom stereocenters. The first kappa shape index (κ1) is 11.8. The van der Waals surface area contributed by atoms with Crippen LogP contribution in [0.3, 0.4) is 0 Å². The van der Waals surface area contributed by atoms with E-state index in [9.17, 15) is 0 Å². The smallest absolute Gasteiger partial charge is 0.245 e. The van der Waals surface area contributed by atoms with E-state index in [0.29, 0.717) is 32.1 Å². The molecular weight excluding hydrogens is 192 g/mol. The maximum atomic E-state index is 5.51. The number of nitrogens with zero attached hydrogens (tertiary/aromatic N) is 4. The SMILES string of the molecule is Cc1nnc(N(CCN)CCN)nc1C. The summed E-state index contributed by atoms with van der Waals surface area (Å²) < 4.78 is 0. The minimum absolute atomic E-state index is 0.552. The summed E-state index contributed by atoms with van der Waals surface area (Å²) in [5, 5.41) is 8.06. The summed E-state index contributed by atoms with van der Waals surface area (Å²) in [7, 11) is 0. The van der Waals surface area contributed by atoms with Crippen molar-refractivity contribution in [1.82, 2.24) is 15.2 Å². The van der Waals surface area contributed by atoms with E-state index in [2.05, 4.69) is 15.2 Å². The van der Waals surface area contributed by atoms with Crippen LogP contribution in [0, 0.1) is 13.8 Å². The Bertz CT molecular complexity index is 307. The summed E-state index contributed by atoms with van der Waals surface area (Å²) in [6.45, 7) is 6.29. The first-order chi connectivity index (χ1) is 7.19. The van der Waals surface area contributed by atoms with Gasteiger partial charge in [0.15, 0.2) is 0 Å². The minimum Gasteiger partial charge on any atom is -0.337 e. The Morgan fingerprint density at radius 1 is 1.00 bits per heavy atom. The van der Waals surface area contributed by atoms with E-state index in [4.69, 9.17) is 11.5 Å². The molecule has 84 valence electrons. The van der Waals surface area contributed by atoms with Gasteiger partial charge in [-0.05, 0) is 13.8 Å². The molecule has 4 N–H and O–H groups in total. The Balaban J connectivity index is 2.85. The van der Waals surface area contributed by atoms with Crippen LogP contribution in [0.15, 0.2) is 0 Å². The van der Waals surface area contributed by atoms with Crippen LogP contribution in [-0.2, 0) is 0 Å². The predicted molar refractivity (Wildman–Crippen MR) is 59.6 cm³/mol. The van der Waals surface area contributed by atoms with Crippen LogP contribution in [0.2, 0.25) is 0 Å². The van der Waals surface area contributed by atoms with E-state index in [1.54, 1.807) is 0 Å². The molecule has 0 aromatic carbocycles. The van der Waals surface area contributed by atoms with E-state index >= 15 is 0 Å². The molecule has 0 fully saturated rings. The van der Waals surface area contributed by atoms with Crippen molar-refractivity contribution >= 4 is 5.95 Å². The van der Waals surface area contributed by atoms with Gasteiger partial charge >= 0.3 is 0 Å². The topological polar surface area (TPSA) is 94.0 Å². The summed E-state index contributed by atoms with van der Waals surface area (Å²) in [6, 6.07) is 0. The van der Waals surface area contributed by atoms with Crippen LogP contribution < -0.4 is 16.4 Å². The first-order valence-corrected chi connectivity index (χ1v) is 5.02. The second-order valence-corrected chi connectivity index (χ2v) is 3.35. The van der Waals surface area contributed by atoms with Crippen LogP contribution in [0.25, 0.3) is 0 Å². The van der Waals surface area contributed by atoms with Gasteiger partial charge in [0.1, 0.15) is 0 Å². The molecule has 0 aliphatic carbocycles. The summed E-state index contributed by atoms with van der Waals surface area (Å²) in [6.07, 6.45) is 0. The van der Waals surface area contributed by atoms with Crippen molar-refractivity contribution in [2.75, 3.05) is 31.1 Å². The Morgan fingerprint density at radius 2 is 1.60 bits per heavy atom. The molecule has 1 aromatic rings. The van der Waals surface area contributed by atoms with Gasteiger partial charge in [-0.1, -0.05) is 0 Å². The molecular formula is C9H18N6. The third kappa shape index (κ3) is 3.10. The third-order valence-corrected chi connectivity index (χ3v) is 2.16. The fourth-order valence-electron chi connectivity index (χ4n) is 1.20. The first-order valence-electron chi connectivity index (χ1n) is 5.02. The summed E-state index contributed by atoms with van der Waals surface area (Å²) >= 11 is 0. The van der Waals surface area contributed by atoms with Gasteiger partial charge in [-0.15, -0.1) is 5.10 Å². The number of rotatable bonds is 5. The van der Waals surface area contributed by atoms with Gasteiger partial charge in [0.05, 0.1) is 11.4 Å².